The lowest BCUT2D eigenvalue weighted by Gasteiger charge is -2.31. The normalized spacial score (nSPS) is 16.2. The number of likely N-dealkylation sites (tertiary alicyclic amines) is 1. The first-order valence-corrected chi connectivity index (χ1v) is 9.10. The van der Waals surface area contributed by atoms with Gasteiger partial charge < -0.3 is 0 Å². The van der Waals surface area contributed by atoms with Crippen LogP contribution in [0.4, 0.5) is 0 Å². The van der Waals surface area contributed by atoms with Gasteiger partial charge in [-0.05, 0) is 56.0 Å². The van der Waals surface area contributed by atoms with Gasteiger partial charge in [0.1, 0.15) is 0 Å². The van der Waals surface area contributed by atoms with E-state index in [9.17, 15) is 0 Å². The van der Waals surface area contributed by atoms with Crippen LogP contribution in [0.15, 0.2) is 66.9 Å². The molecule has 4 heteroatoms. The monoisotopic (exact) mass is 332 g/mol. The molecule has 2 heterocycles. The van der Waals surface area contributed by atoms with E-state index in [1.165, 1.54) is 24.8 Å². The van der Waals surface area contributed by atoms with Crippen LogP contribution >= 0.6 is 0 Å². The fraction of sp³-hybridized carbons (Fsp3) is 0.333. The summed E-state index contributed by atoms with van der Waals surface area (Å²) >= 11 is 0. The minimum atomic E-state index is 0.804. The van der Waals surface area contributed by atoms with E-state index in [2.05, 4.69) is 45.4 Å². The summed E-state index contributed by atoms with van der Waals surface area (Å²) in [5.74, 6) is 0.804. The minimum absolute atomic E-state index is 0.804. The van der Waals surface area contributed by atoms with Gasteiger partial charge in [-0.3, -0.25) is 4.90 Å². The molecule has 0 saturated carbocycles. The van der Waals surface area contributed by atoms with Gasteiger partial charge in [-0.2, -0.15) is 15.0 Å². The van der Waals surface area contributed by atoms with Crippen molar-refractivity contribution < 1.29 is 0 Å². The zero-order chi connectivity index (χ0) is 16.9. The summed E-state index contributed by atoms with van der Waals surface area (Å²) in [4.78, 5) is 4.22. The molecule has 128 valence electrons. The second-order valence-corrected chi connectivity index (χ2v) is 6.87. The summed E-state index contributed by atoms with van der Waals surface area (Å²) < 4.78 is 0. The Morgan fingerprint density at radius 1 is 0.880 bits per heavy atom. The maximum absolute atomic E-state index is 4.63. The van der Waals surface area contributed by atoms with Crippen molar-refractivity contribution in [3.8, 4) is 5.69 Å². The van der Waals surface area contributed by atoms with Crippen LogP contribution in [0.5, 0.6) is 0 Å². The zero-order valence-corrected chi connectivity index (χ0v) is 14.5. The fourth-order valence-corrected chi connectivity index (χ4v) is 3.58. The van der Waals surface area contributed by atoms with Crippen LogP contribution in [0.1, 0.15) is 24.1 Å². The molecule has 1 saturated heterocycles. The van der Waals surface area contributed by atoms with E-state index >= 15 is 0 Å². The molecule has 1 fully saturated rings. The first-order chi connectivity index (χ1) is 12.4. The van der Waals surface area contributed by atoms with Crippen LogP contribution in [-0.4, -0.2) is 33.0 Å². The Morgan fingerprint density at radius 3 is 2.28 bits per heavy atom. The van der Waals surface area contributed by atoms with Crippen molar-refractivity contribution in [2.24, 2.45) is 5.92 Å². The minimum Gasteiger partial charge on any atom is -0.297 e. The largest absolute Gasteiger partial charge is 0.297 e. The van der Waals surface area contributed by atoms with Crippen LogP contribution in [0.25, 0.3) is 5.69 Å². The van der Waals surface area contributed by atoms with E-state index in [4.69, 9.17) is 0 Å². The van der Waals surface area contributed by atoms with Crippen molar-refractivity contribution in [1.82, 2.24) is 19.9 Å². The second-order valence-electron chi connectivity index (χ2n) is 6.87. The van der Waals surface area contributed by atoms with E-state index in [0.29, 0.717) is 0 Å². The van der Waals surface area contributed by atoms with Gasteiger partial charge in [0, 0.05) is 6.54 Å². The van der Waals surface area contributed by atoms with Crippen molar-refractivity contribution in [2.45, 2.75) is 25.8 Å². The summed E-state index contributed by atoms with van der Waals surface area (Å²) in [6, 6.07) is 20.9. The topological polar surface area (TPSA) is 34.0 Å². The molecule has 1 aliphatic rings. The number of aromatic nitrogens is 3. The number of hydrogen-bond donors (Lipinski definition) is 0. The molecule has 0 radical (unpaired) electrons. The SMILES string of the molecule is c1ccc(CC2CCN(Cc3cnn(-c4ccccc4)n3)CC2)cc1. The maximum atomic E-state index is 4.63. The first kappa shape index (κ1) is 16.0. The zero-order valence-electron chi connectivity index (χ0n) is 14.5. The maximum Gasteiger partial charge on any atom is 0.0971 e. The summed E-state index contributed by atoms with van der Waals surface area (Å²) in [6.07, 6.45) is 5.63. The molecule has 1 aromatic heterocycles. The molecule has 2 aromatic carbocycles. The van der Waals surface area contributed by atoms with Crippen LogP contribution in [0.2, 0.25) is 0 Å². The van der Waals surface area contributed by atoms with Gasteiger partial charge in [0.25, 0.3) is 0 Å². The molecular formula is C21H24N4. The lowest BCUT2D eigenvalue weighted by molar-refractivity contribution is 0.175. The van der Waals surface area contributed by atoms with Gasteiger partial charge >= 0.3 is 0 Å². The molecule has 0 N–H and O–H groups in total. The van der Waals surface area contributed by atoms with Gasteiger partial charge in [0.15, 0.2) is 0 Å². The summed E-state index contributed by atoms with van der Waals surface area (Å²) in [7, 11) is 0. The second kappa shape index (κ2) is 7.62. The van der Waals surface area contributed by atoms with Gasteiger partial charge in [-0.25, -0.2) is 0 Å². The molecule has 0 atom stereocenters. The highest BCUT2D eigenvalue weighted by Crippen LogP contribution is 2.22. The summed E-state index contributed by atoms with van der Waals surface area (Å²) in [5, 5.41) is 9.03. The molecule has 1 aliphatic heterocycles. The van der Waals surface area contributed by atoms with E-state index in [1.54, 1.807) is 4.80 Å². The highest BCUT2D eigenvalue weighted by Gasteiger charge is 2.20. The average molecular weight is 332 g/mol. The lowest BCUT2D eigenvalue weighted by Crippen LogP contribution is -2.34. The number of nitrogens with zero attached hydrogens (tertiary/aromatic N) is 4. The fourth-order valence-electron chi connectivity index (χ4n) is 3.58. The highest BCUT2D eigenvalue weighted by atomic mass is 15.5. The van der Waals surface area contributed by atoms with Crippen molar-refractivity contribution in [3.05, 3.63) is 78.1 Å². The Balaban J connectivity index is 1.30. The highest BCUT2D eigenvalue weighted by molar-refractivity contribution is 5.28. The Labute approximate surface area is 149 Å². The van der Waals surface area contributed by atoms with E-state index in [0.717, 1.165) is 36.9 Å². The Hall–Kier alpha value is -2.46. The molecule has 25 heavy (non-hydrogen) atoms. The van der Waals surface area contributed by atoms with Crippen molar-refractivity contribution in [1.29, 1.82) is 0 Å². The van der Waals surface area contributed by atoms with Crippen LogP contribution in [0, 0.1) is 5.92 Å². The van der Waals surface area contributed by atoms with Gasteiger partial charge in [0.2, 0.25) is 0 Å². The Bertz CT molecular complexity index is 774. The molecule has 0 aliphatic carbocycles. The summed E-state index contributed by atoms with van der Waals surface area (Å²) in [6.45, 7) is 3.19. The quantitative estimate of drug-likeness (QED) is 0.714. The lowest BCUT2D eigenvalue weighted by atomic mass is 9.90. The van der Waals surface area contributed by atoms with Crippen LogP contribution in [0.3, 0.4) is 0 Å². The molecule has 3 aromatic rings. The average Bonchev–Trinajstić information content (AvgIpc) is 3.14. The predicted molar refractivity (Wildman–Crippen MR) is 99.5 cm³/mol. The third-order valence-corrected chi connectivity index (χ3v) is 4.99. The van der Waals surface area contributed by atoms with E-state index in [-0.39, 0.29) is 0 Å². The summed E-state index contributed by atoms with van der Waals surface area (Å²) in [5.41, 5.74) is 3.52. The molecule has 0 unspecified atom stereocenters. The van der Waals surface area contributed by atoms with Crippen molar-refractivity contribution >= 4 is 0 Å². The number of benzene rings is 2. The van der Waals surface area contributed by atoms with Gasteiger partial charge in [0.05, 0.1) is 17.6 Å². The van der Waals surface area contributed by atoms with Crippen molar-refractivity contribution in [3.63, 3.8) is 0 Å². The molecule has 0 bridgehead atoms. The van der Waals surface area contributed by atoms with E-state index in [1.807, 2.05) is 36.5 Å². The molecule has 4 nitrogen and oxygen atoms in total. The number of piperidine rings is 1. The molecule has 0 spiro atoms. The standard InChI is InChI=1S/C21H24N4/c1-3-7-18(8-4-1)15-19-11-13-24(14-12-19)17-20-16-22-25(23-20)21-9-5-2-6-10-21/h1-10,16,19H,11-15,17H2. The van der Waals surface area contributed by atoms with Crippen LogP contribution in [-0.2, 0) is 13.0 Å². The molecule has 0 amide bonds. The molecular weight excluding hydrogens is 308 g/mol. The smallest absolute Gasteiger partial charge is 0.0971 e. The number of hydrogen-bond acceptors (Lipinski definition) is 3. The molecule has 4 rings (SSSR count). The van der Waals surface area contributed by atoms with Gasteiger partial charge in [-0.15, -0.1) is 0 Å². The third-order valence-electron chi connectivity index (χ3n) is 4.99. The van der Waals surface area contributed by atoms with Gasteiger partial charge in [-0.1, -0.05) is 48.5 Å². The predicted octanol–water partition coefficient (Wildman–Crippen LogP) is 3.72. The Kier molecular flexibility index (Phi) is 4.89. The van der Waals surface area contributed by atoms with Crippen LogP contribution < -0.4 is 0 Å². The first-order valence-electron chi connectivity index (χ1n) is 9.10. The third kappa shape index (κ3) is 4.15. The number of para-hydroxylation sites is 1. The van der Waals surface area contributed by atoms with Crippen molar-refractivity contribution in [2.75, 3.05) is 13.1 Å². The van der Waals surface area contributed by atoms with E-state index < -0.39 is 0 Å². The Morgan fingerprint density at radius 2 is 1.56 bits per heavy atom. The number of rotatable bonds is 5.